The van der Waals surface area contributed by atoms with Crippen LogP contribution in [0.25, 0.3) is 0 Å². The van der Waals surface area contributed by atoms with Crippen LogP contribution in [0.2, 0.25) is 0 Å². The second-order valence-corrected chi connectivity index (χ2v) is 7.39. The molecule has 0 aliphatic rings. The maximum Gasteiger partial charge on any atom is 0.252 e. The van der Waals surface area contributed by atoms with E-state index in [0.29, 0.717) is 5.56 Å². The molecule has 0 saturated carbocycles. The Morgan fingerprint density at radius 2 is 2.00 bits per heavy atom. The molecule has 0 saturated heterocycles. The van der Waals surface area contributed by atoms with Gasteiger partial charge in [0.2, 0.25) is 10.0 Å². The van der Waals surface area contributed by atoms with Gasteiger partial charge in [-0.15, -0.1) is 0 Å². The highest BCUT2D eigenvalue weighted by Gasteiger charge is 2.15. The van der Waals surface area contributed by atoms with E-state index in [4.69, 9.17) is 0 Å². The summed E-state index contributed by atoms with van der Waals surface area (Å²) in [5.41, 5.74) is 1.45. The van der Waals surface area contributed by atoms with E-state index in [1.165, 1.54) is 14.1 Å². The van der Waals surface area contributed by atoms with Crippen molar-refractivity contribution < 1.29 is 13.2 Å². The van der Waals surface area contributed by atoms with E-state index < -0.39 is 10.0 Å². The number of nitrogens with one attached hydrogen (secondary N) is 1. The van der Waals surface area contributed by atoms with E-state index in [9.17, 15) is 13.2 Å². The van der Waals surface area contributed by atoms with E-state index in [0.717, 1.165) is 14.3 Å². The lowest BCUT2D eigenvalue weighted by Crippen LogP contribution is -2.34. The first kappa shape index (κ1) is 16.1. The molecule has 0 aliphatic heterocycles. The zero-order valence-electron chi connectivity index (χ0n) is 11.1. The van der Waals surface area contributed by atoms with Gasteiger partial charge in [-0.05, 0) is 34.5 Å². The molecule has 5 nitrogen and oxygen atoms in total. The molecule has 0 aromatic heterocycles. The summed E-state index contributed by atoms with van der Waals surface area (Å²) in [4.78, 5) is 11.9. The normalized spacial score (nSPS) is 11.6. The number of amides is 1. The third-order valence-electron chi connectivity index (χ3n) is 2.64. The molecular weight excluding hydrogens is 332 g/mol. The van der Waals surface area contributed by atoms with Crippen LogP contribution >= 0.6 is 15.9 Å². The molecule has 1 aromatic rings. The fraction of sp³-hybridized carbons (Fsp3) is 0.417. The van der Waals surface area contributed by atoms with Crippen LogP contribution in [0.5, 0.6) is 0 Å². The zero-order valence-corrected chi connectivity index (χ0v) is 13.5. The quantitative estimate of drug-likeness (QED) is 0.873. The second kappa shape index (κ2) is 6.49. The van der Waals surface area contributed by atoms with Crippen LogP contribution in [0.15, 0.2) is 22.7 Å². The van der Waals surface area contributed by atoms with Crippen LogP contribution < -0.4 is 5.32 Å². The number of hydrogen-bond acceptors (Lipinski definition) is 3. The lowest BCUT2D eigenvalue weighted by molar-refractivity contribution is 0.0955. The van der Waals surface area contributed by atoms with Crippen LogP contribution in [-0.4, -0.2) is 45.0 Å². The Morgan fingerprint density at radius 1 is 1.37 bits per heavy atom. The van der Waals surface area contributed by atoms with Crippen molar-refractivity contribution in [2.45, 2.75) is 6.92 Å². The molecule has 1 N–H and O–H groups in total. The van der Waals surface area contributed by atoms with E-state index in [2.05, 4.69) is 21.2 Å². The maximum absolute atomic E-state index is 11.9. The number of hydrogen-bond donors (Lipinski definition) is 1. The first-order valence-electron chi connectivity index (χ1n) is 5.69. The van der Waals surface area contributed by atoms with E-state index >= 15 is 0 Å². The summed E-state index contributed by atoms with van der Waals surface area (Å²) in [6.45, 7) is 1.97. The van der Waals surface area contributed by atoms with Crippen molar-refractivity contribution in [3.8, 4) is 0 Å². The number of carbonyl (C=O) groups excluding carboxylic acids is 1. The molecule has 1 rings (SSSR count). The molecule has 0 heterocycles. The van der Waals surface area contributed by atoms with Gasteiger partial charge in [0.1, 0.15) is 0 Å². The maximum atomic E-state index is 11.9. The molecular formula is C12H17BrN2O3S. The molecule has 0 unspecified atom stereocenters. The molecule has 0 atom stereocenters. The molecule has 1 amide bonds. The molecule has 0 aliphatic carbocycles. The molecule has 0 bridgehead atoms. The number of halogens is 1. The molecule has 106 valence electrons. The van der Waals surface area contributed by atoms with Gasteiger partial charge in [0.05, 0.1) is 11.3 Å². The van der Waals surface area contributed by atoms with Crippen molar-refractivity contribution in [1.82, 2.24) is 9.62 Å². The number of nitrogens with zero attached hydrogens (tertiary/aromatic N) is 1. The molecule has 0 radical (unpaired) electrons. The summed E-state index contributed by atoms with van der Waals surface area (Å²) < 4.78 is 24.9. The predicted octanol–water partition coefficient (Wildman–Crippen LogP) is 1.38. The minimum atomic E-state index is -3.29. The van der Waals surface area contributed by atoms with Crippen molar-refractivity contribution in [3.63, 3.8) is 0 Å². The van der Waals surface area contributed by atoms with Crippen LogP contribution in [0.3, 0.4) is 0 Å². The Hall–Kier alpha value is -0.920. The van der Waals surface area contributed by atoms with E-state index in [1.54, 1.807) is 12.1 Å². The average Bonchev–Trinajstić information content (AvgIpc) is 2.32. The summed E-state index contributed by atoms with van der Waals surface area (Å²) in [6.07, 6.45) is 0. The lowest BCUT2D eigenvalue weighted by atomic mass is 10.1. The number of carbonyl (C=O) groups is 1. The number of aryl methyl sites for hydroxylation is 1. The smallest absolute Gasteiger partial charge is 0.252 e. The van der Waals surface area contributed by atoms with Crippen molar-refractivity contribution in [1.29, 1.82) is 0 Å². The van der Waals surface area contributed by atoms with E-state index in [1.807, 2.05) is 13.0 Å². The molecule has 0 fully saturated rings. The van der Waals surface area contributed by atoms with Gasteiger partial charge in [-0.2, -0.15) is 0 Å². The number of benzene rings is 1. The third kappa shape index (κ3) is 4.29. The minimum absolute atomic E-state index is 0.0831. The van der Waals surface area contributed by atoms with Gasteiger partial charge >= 0.3 is 0 Å². The standard InChI is InChI=1S/C12H17BrN2O3S/c1-9-5-4-6-10(11(9)13)12(16)14-7-8-19(17,18)15(2)3/h4-6H,7-8H2,1-3H3,(H,14,16). The molecule has 1 aromatic carbocycles. The Balaban J connectivity index is 2.65. The largest absolute Gasteiger partial charge is 0.351 e. The van der Waals surface area contributed by atoms with Gasteiger partial charge in [0, 0.05) is 25.1 Å². The SMILES string of the molecule is Cc1cccc(C(=O)NCCS(=O)(=O)N(C)C)c1Br. The number of rotatable bonds is 5. The fourth-order valence-electron chi connectivity index (χ4n) is 1.39. The zero-order chi connectivity index (χ0) is 14.6. The van der Waals surface area contributed by atoms with Crippen LogP contribution in [-0.2, 0) is 10.0 Å². The first-order valence-corrected chi connectivity index (χ1v) is 8.09. The highest BCUT2D eigenvalue weighted by atomic mass is 79.9. The fourth-order valence-corrected chi connectivity index (χ4v) is 2.56. The molecule has 19 heavy (non-hydrogen) atoms. The summed E-state index contributed by atoms with van der Waals surface area (Å²) in [6, 6.07) is 5.36. The van der Waals surface area contributed by atoms with Crippen LogP contribution in [0.1, 0.15) is 15.9 Å². The molecule has 7 heteroatoms. The lowest BCUT2D eigenvalue weighted by Gasteiger charge is -2.12. The van der Waals surface area contributed by atoms with Gasteiger partial charge in [-0.25, -0.2) is 12.7 Å². The Kier molecular flexibility index (Phi) is 5.51. The summed E-state index contributed by atoms with van der Waals surface area (Å²) >= 11 is 3.35. The first-order chi connectivity index (χ1) is 8.75. The van der Waals surface area contributed by atoms with Crippen molar-refractivity contribution >= 4 is 31.9 Å². The summed E-state index contributed by atoms with van der Waals surface area (Å²) in [5.74, 6) is -0.403. The molecule has 0 spiro atoms. The Bertz CT molecular complexity index is 570. The summed E-state index contributed by atoms with van der Waals surface area (Å²) in [7, 11) is -0.354. The van der Waals surface area contributed by atoms with Gasteiger partial charge in [-0.1, -0.05) is 12.1 Å². The van der Waals surface area contributed by atoms with Crippen molar-refractivity contribution in [2.24, 2.45) is 0 Å². The highest BCUT2D eigenvalue weighted by molar-refractivity contribution is 9.10. The van der Waals surface area contributed by atoms with Crippen LogP contribution in [0, 0.1) is 6.92 Å². The van der Waals surface area contributed by atoms with E-state index in [-0.39, 0.29) is 18.2 Å². The van der Waals surface area contributed by atoms with Crippen molar-refractivity contribution in [2.75, 3.05) is 26.4 Å². The van der Waals surface area contributed by atoms with Gasteiger partial charge in [-0.3, -0.25) is 4.79 Å². The highest BCUT2D eigenvalue weighted by Crippen LogP contribution is 2.20. The third-order valence-corrected chi connectivity index (χ3v) is 5.52. The topological polar surface area (TPSA) is 66.5 Å². The predicted molar refractivity (Wildman–Crippen MR) is 78.7 cm³/mol. The van der Waals surface area contributed by atoms with Crippen molar-refractivity contribution in [3.05, 3.63) is 33.8 Å². The van der Waals surface area contributed by atoms with Gasteiger partial charge in [0.25, 0.3) is 5.91 Å². The van der Waals surface area contributed by atoms with Crippen LogP contribution in [0.4, 0.5) is 0 Å². The summed E-state index contributed by atoms with van der Waals surface area (Å²) in [5, 5.41) is 2.60. The minimum Gasteiger partial charge on any atom is -0.351 e. The average molecular weight is 349 g/mol. The Morgan fingerprint density at radius 3 is 2.58 bits per heavy atom. The number of sulfonamides is 1. The second-order valence-electron chi connectivity index (χ2n) is 4.29. The van der Waals surface area contributed by atoms with Gasteiger partial charge < -0.3 is 5.32 Å². The van der Waals surface area contributed by atoms with Gasteiger partial charge in [0.15, 0.2) is 0 Å². The Labute approximate surface area is 122 Å². The monoisotopic (exact) mass is 348 g/mol.